The minimum absolute atomic E-state index is 0.148. The molecule has 0 aliphatic carbocycles. The zero-order valence-corrected chi connectivity index (χ0v) is 6.01. The molecule has 8 heavy (non-hydrogen) atoms. The van der Waals surface area contributed by atoms with E-state index in [0.29, 0.717) is 5.92 Å². The fourth-order valence-electron chi connectivity index (χ4n) is 0.420. The molecular weight excluding hydrogens is 102 g/mol. The summed E-state index contributed by atoms with van der Waals surface area (Å²) in [7, 11) is 1.56. The summed E-state index contributed by atoms with van der Waals surface area (Å²) in [6.07, 6.45) is 0. The molecule has 0 aliphatic heterocycles. The Balaban J connectivity index is 3.46. The van der Waals surface area contributed by atoms with E-state index in [9.17, 15) is 5.21 Å². The highest BCUT2D eigenvalue weighted by Gasteiger charge is 2.03. The van der Waals surface area contributed by atoms with Gasteiger partial charge in [-0.3, -0.25) is 0 Å². The van der Waals surface area contributed by atoms with Gasteiger partial charge < -0.3 is 10.3 Å². The van der Waals surface area contributed by atoms with Crippen molar-refractivity contribution in [3.05, 3.63) is 5.21 Å². The van der Waals surface area contributed by atoms with Gasteiger partial charge in [0.05, 0.1) is 0 Å². The van der Waals surface area contributed by atoms with Crippen molar-refractivity contribution in [1.29, 1.82) is 0 Å². The third kappa shape index (κ3) is 2.28. The van der Waals surface area contributed by atoms with Crippen LogP contribution in [0.15, 0.2) is 0 Å². The first-order chi connectivity index (χ1) is 3.55. The summed E-state index contributed by atoms with van der Waals surface area (Å²) in [6.45, 7) is 6.01. The van der Waals surface area contributed by atoms with E-state index < -0.39 is 0 Å². The van der Waals surface area contributed by atoms with Gasteiger partial charge in [0.2, 0.25) is 0 Å². The third-order valence-electron chi connectivity index (χ3n) is 1.54. The van der Waals surface area contributed by atoms with Crippen LogP contribution in [0.1, 0.15) is 20.8 Å². The largest absolute Gasteiger partial charge is 0.785 e. The second-order valence-corrected chi connectivity index (χ2v) is 2.53. The van der Waals surface area contributed by atoms with E-state index in [0.717, 1.165) is 5.06 Å². The molecule has 0 heterocycles. The molecule has 2 heteroatoms. The first-order valence-electron chi connectivity index (χ1n) is 2.95. The van der Waals surface area contributed by atoms with Gasteiger partial charge in [0.25, 0.3) is 0 Å². The van der Waals surface area contributed by atoms with Gasteiger partial charge in [0, 0.05) is 0 Å². The van der Waals surface area contributed by atoms with E-state index in [2.05, 4.69) is 0 Å². The SMILES string of the molecule is CC(C)C(C)N(C)[O-]. The Morgan fingerprint density at radius 1 is 1.25 bits per heavy atom. The maximum absolute atomic E-state index is 10.5. The summed E-state index contributed by atoms with van der Waals surface area (Å²) < 4.78 is 0. The first kappa shape index (κ1) is 7.92. The Kier molecular flexibility index (Phi) is 3.02. The fraction of sp³-hybridized carbons (Fsp3) is 1.00. The van der Waals surface area contributed by atoms with E-state index in [4.69, 9.17) is 0 Å². The van der Waals surface area contributed by atoms with E-state index in [1.165, 1.54) is 0 Å². The molecule has 0 radical (unpaired) electrons. The summed E-state index contributed by atoms with van der Waals surface area (Å²) in [5, 5.41) is 11.5. The molecule has 0 aromatic rings. The van der Waals surface area contributed by atoms with Crippen molar-refractivity contribution < 1.29 is 0 Å². The molecule has 0 spiro atoms. The molecule has 0 rings (SSSR count). The van der Waals surface area contributed by atoms with Gasteiger partial charge in [0.15, 0.2) is 0 Å². The topological polar surface area (TPSA) is 26.3 Å². The molecule has 0 aromatic carbocycles. The lowest BCUT2D eigenvalue weighted by molar-refractivity contribution is 0.281. The minimum Gasteiger partial charge on any atom is -0.785 e. The van der Waals surface area contributed by atoms with Gasteiger partial charge in [-0.05, 0) is 19.0 Å². The molecule has 0 saturated heterocycles. The van der Waals surface area contributed by atoms with Crippen molar-refractivity contribution in [1.82, 2.24) is 5.06 Å². The van der Waals surface area contributed by atoms with Crippen molar-refractivity contribution >= 4 is 0 Å². The van der Waals surface area contributed by atoms with Crippen molar-refractivity contribution in [3.63, 3.8) is 0 Å². The maximum Gasteiger partial charge on any atom is -0.00336 e. The molecule has 0 aliphatic rings. The minimum atomic E-state index is 0.148. The number of hydroxylamine groups is 2. The van der Waals surface area contributed by atoms with Gasteiger partial charge in [-0.2, -0.15) is 0 Å². The smallest absolute Gasteiger partial charge is 0.00336 e. The molecule has 0 aromatic heterocycles. The lowest BCUT2D eigenvalue weighted by atomic mass is 10.1. The van der Waals surface area contributed by atoms with Crippen LogP contribution in [0.2, 0.25) is 0 Å². The third-order valence-corrected chi connectivity index (χ3v) is 1.54. The molecular formula is C6H14NO-. The van der Waals surface area contributed by atoms with Crippen molar-refractivity contribution in [2.75, 3.05) is 7.05 Å². The van der Waals surface area contributed by atoms with Gasteiger partial charge in [0.1, 0.15) is 0 Å². The standard InChI is InChI=1S/C6H14NO/c1-5(2)6(3)7(4)8/h5-6H,1-4H3/q-1. The molecule has 1 atom stereocenters. The molecule has 50 valence electrons. The summed E-state index contributed by atoms with van der Waals surface area (Å²) in [6, 6.07) is 0.148. The highest BCUT2D eigenvalue weighted by Crippen LogP contribution is 2.05. The predicted octanol–water partition coefficient (Wildman–Crippen LogP) is 1.46. The van der Waals surface area contributed by atoms with Crippen LogP contribution in [0.4, 0.5) is 0 Å². The quantitative estimate of drug-likeness (QED) is 0.510. The van der Waals surface area contributed by atoms with Crippen LogP contribution in [0, 0.1) is 11.1 Å². The summed E-state index contributed by atoms with van der Waals surface area (Å²) >= 11 is 0. The van der Waals surface area contributed by atoms with Crippen LogP contribution < -0.4 is 0 Å². The van der Waals surface area contributed by atoms with E-state index in [-0.39, 0.29) is 6.04 Å². The van der Waals surface area contributed by atoms with Crippen LogP contribution >= 0.6 is 0 Å². The molecule has 0 saturated carbocycles. The second kappa shape index (κ2) is 3.05. The lowest BCUT2D eigenvalue weighted by Gasteiger charge is -2.32. The number of rotatable bonds is 2. The van der Waals surface area contributed by atoms with E-state index in [1.807, 2.05) is 20.8 Å². The Hall–Kier alpha value is -0.0800. The highest BCUT2D eigenvalue weighted by molar-refractivity contribution is 4.65. The monoisotopic (exact) mass is 116 g/mol. The van der Waals surface area contributed by atoms with Crippen LogP contribution in [-0.2, 0) is 0 Å². The van der Waals surface area contributed by atoms with Gasteiger partial charge in [-0.15, -0.1) is 0 Å². The Bertz CT molecular complexity index is 53.5. The summed E-state index contributed by atoms with van der Waals surface area (Å²) in [4.78, 5) is 0. The molecule has 0 fully saturated rings. The predicted molar refractivity (Wildman–Crippen MR) is 35.4 cm³/mol. The maximum atomic E-state index is 10.5. The molecule has 1 unspecified atom stereocenters. The lowest BCUT2D eigenvalue weighted by Crippen LogP contribution is -2.27. The summed E-state index contributed by atoms with van der Waals surface area (Å²) in [5.41, 5.74) is 0. The van der Waals surface area contributed by atoms with Gasteiger partial charge >= 0.3 is 0 Å². The number of nitrogens with zero attached hydrogens (tertiary/aromatic N) is 1. The number of hydrogen-bond donors (Lipinski definition) is 0. The first-order valence-corrected chi connectivity index (χ1v) is 2.95. The Morgan fingerprint density at radius 2 is 1.62 bits per heavy atom. The second-order valence-electron chi connectivity index (χ2n) is 2.53. The zero-order chi connectivity index (χ0) is 6.73. The average molecular weight is 116 g/mol. The average Bonchev–Trinajstić information content (AvgIpc) is 1.64. The van der Waals surface area contributed by atoms with Crippen LogP contribution in [0.25, 0.3) is 0 Å². The van der Waals surface area contributed by atoms with E-state index in [1.54, 1.807) is 7.05 Å². The van der Waals surface area contributed by atoms with Crippen LogP contribution in [0.3, 0.4) is 0 Å². The van der Waals surface area contributed by atoms with Gasteiger partial charge in [-0.1, -0.05) is 20.8 Å². The molecule has 0 amide bonds. The zero-order valence-electron chi connectivity index (χ0n) is 6.01. The van der Waals surface area contributed by atoms with Crippen molar-refractivity contribution in [3.8, 4) is 0 Å². The molecule has 0 bridgehead atoms. The Labute approximate surface area is 51.1 Å². The van der Waals surface area contributed by atoms with Crippen LogP contribution in [0.5, 0.6) is 0 Å². The van der Waals surface area contributed by atoms with Gasteiger partial charge in [-0.25, -0.2) is 0 Å². The highest BCUT2D eigenvalue weighted by atomic mass is 16.5. The molecule has 0 N–H and O–H groups in total. The van der Waals surface area contributed by atoms with E-state index >= 15 is 0 Å². The van der Waals surface area contributed by atoms with Crippen LogP contribution in [-0.4, -0.2) is 18.2 Å². The fourth-order valence-corrected chi connectivity index (χ4v) is 0.420. The van der Waals surface area contributed by atoms with Crippen molar-refractivity contribution in [2.45, 2.75) is 26.8 Å². The summed E-state index contributed by atoms with van der Waals surface area (Å²) in [5.74, 6) is 0.456. The Morgan fingerprint density at radius 3 is 1.62 bits per heavy atom. The number of hydrogen-bond acceptors (Lipinski definition) is 2. The molecule has 2 nitrogen and oxygen atoms in total. The normalized spacial score (nSPS) is 15.4. The van der Waals surface area contributed by atoms with Crippen molar-refractivity contribution in [2.24, 2.45) is 5.92 Å².